The van der Waals surface area contributed by atoms with E-state index in [-0.39, 0.29) is 4.83 Å². The standard InChI is InChI=1S/C10H9BrN2/c11-10(9-6-7-12-13-9)8-4-2-1-3-5-8/h1-7,10H,(H,12,13). The number of nitrogens with zero attached hydrogens (tertiary/aromatic N) is 1. The van der Waals surface area contributed by atoms with Gasteiger partial charge >= 0.3 is 0 Å². The van der Waals surface area contributed by atoms with Gasteiger partial charge in [-0.2, -0.15) is 5.10 Å². The van der Waals surface area contributed by atoms with Crippen molar-refractivity contribution < 1.29 is 0 Å². The summed E-state index contributed by atoms with van der Waals surface area (Å²) in [4.78, 5) is 0.205. The number of hydrogen-bond acceptors (Lipinski definition) is 1. The molecule has 1 unspecified atom stereocenters. The molecule has 2 aromatic rings. The minimum Gasteiger partial charge on any atom is -0.281 e. The van der Waals surface area contributed by atoms with E-state index in [4.69, 9.17) is 0 Å². The highest BCUT2D eigenvalue weighted by Gasteiger charge is 2.09. The van der Waals surface area contributed by atoms with Crippen LogP contribution in [0.4, 0.5) is 0 Å². The molecule has 0 spiro atoms. The number of benzene rings is 1. The molecule has 66 valence electrons. The van der Waals surface area contributed by atoms with E-state index in [1.165, 1.54) is 5.56 Å². The number of rotatable bonds is 2. The average molecular weight is 237 g/mol. The van der Waals surface area contributed by atoms with Crippen molar-refractivity contribution in [3.63, 3.8) is 0 Å². The highest BCUT2D eigenvalue weighted by atomic mass is 79.9. The monoisotopic (exact) mass is 236 g/mol. The van der Waals surface area contributed by atoms with E-state index in [0.29, 0.717) is 0 Å². The van der Waals surface area contributed by atoms with E-state index < -0.39 is 0 Å². The third kappa shape index (κ3) is 1.80. The SMILES string of the molecule is BrC(c1ccccc1)c1ccn[nH]1. The molecule has 0 saturated carbocycles. The van der Waals surface area contributed by atoms with Crippen molar-refractivity contribution >= 4 is 15.9 Å². The first-order valence-corrected chi connectivity index (χ1v) is 4.98. The molecular formula is C10H9BrN2. The molecule has 1 aromatic carbocycles. The minimum absolute atomic E-state index is 0.205. The van der Waals surface area contributed by atoms with Crippen LogP contribution in [0.15, 0.2) is 42.6 Å². The van der Waals surface area contributed by atoms with Crippen molar-refractivity contribution in [2.45, 2.75) is 4.83 Å². The maximum absolute atomic E-state index is 3.91. The summed E-state index contributed by atoms with van der Waals surface area (Å²) in [7, 11) is 0. The summed E-state index contributed by atoms with van der Waals surface area (Å²) in [5.74, 6) is 0. The number of alkyl halides is 1. The summed E-state index contributed by atoms with van der Waals surface area (Å²) in [5, 5.41) is 6.85. The minimum atomic E-state index is 0.205. The van der Waals surface area contributed by atoms with E-state index in [2.05, 4.69) is 38.3 Å². The largest absolute Gasteiger partial charge is 0.281 e. The summed E-state index contributed by atoms with van der Waals surface area (Å²) >= 11 is 3.60. The van der Waals surface area contributed by atoms with Gasteiger partial charge in [0.25, 0.3) is 0 Å². The van der Waals surface area contributed by atoms with Gasteiger partial charge in [0.2, 0.25) is 0 Å². The summed E-state index contributed by atoms with van der Waals surface area (Å²) in [6, 6.07) is 12.2. The van der Waals surface area contributed by atoms with Gasteiger partial charge in [-0.15, -0.1) is 0 Å². The van der Waals surface area contributed by atoms with Gasteiger partial charge in [0.1, 0.15) is 0 Å². The second-order valence-electron chi connectivity index (χ2n) is 2.79. The summed E-state index contributed by atoms with van der Waals surface area (Å²) in [6.45, 7) is 0. The van der Waals surface area contributed by atoms with Gasteiger partial charge in [0.05, 0.1) is 10.5 Å². The van der Waals surface area contributed by atoms with Crippen LogP contribution in [0, 0.1) is 0 Å². The first-order valence-electron chi connectivity index (χ1n) is 4.06. The first-order chi connectivity index (χ1) is 6.38. The zero-order valence-electron chi connectivity index (χ0n) is 6.94. The van der Waals surface area contributed by atoms with Gasteiger partial charge in [-0.3, -0.25) is 5.10 Å². The van der Waals surface area contributed by atoms with Gasteiger partial charge < -0.3 is 0 Å². The molecule has 3 heteroatoms. The van der Waals surface area contributed by atoms with Crippen LogP contribution in [-0.4, -0.2) is 10.2 Å². The molecule has 1 aromatic heterocycles. The van der Waals surface area contributed by atoms with Gasteiger partial charge in [0.15, 0.2) is 0 Å². The third-order valence-corrected chi connectivity index (χ3v) is 2.91. The predicted octanol–water partition coefficient (Wildman–Crippen LogP) is 2.89. The fourth-order valence-corrected chi connectivity index (χ4v) is 1.77. The number of H-pyrrole nitrogens is 1. The van der Waals surface area contributed by atoms with Crippen molar-refractivity contribution in [2.75, 3.05) is 0 Å². The molecule has 0 fully saturated rings. The Hall–Kier alpha value is -1.09. The lowest BCUT2D eigenvalue weighted by Crippen LogP contribution is -1.92. The average Bonchev–Trinajstić information content (AvgIpc) is 2.71. The topological polar surface area (TPSA) is 28.7 Å². The van der Waals surface area contributed by atoms with Crippen molar-refractivity contribution in [3.05, 3.63) is 53.9 Å². The highest BCUT2D eigenvalue weighted by Crippen LogP contribution is 2.28. The molecular weight excluding hydrogens is 228 g/mol. The quantitative estimate of drug-likeness (QED) is 0.799. The van der Waals surface area contributed by atoms with Crippen molar-refractivity contribution in [2.24, 2.45) is 0 Å². The summed E-state index contributed by atoms with van der Waals surface area (Å²) in [5.41, 5.74) is 2.30. The fraction of sp³-hybridized carbons (Fsp3) is 0.100. The van der Waals surface area contributed by atoms with E-state index in [1.54, 1.807) is 6.20 Å². The number of aromatic nitrogens is 2. The second kappa shape index (κ2) is 3.75. The van der Waals surface area contributed by atoms with Crippen LogP contribution in [0.1, 0.15) is 16.1 Å². The van der Waals surface area contributed by atoms with Crippen LogP contribution in [0.3, 0.4) is 0 Å². The Morgan fingerprint density at radius 3 is 2.54 bits per heavy atom. The third-order valence-electron chi connectivity index (χ3n) is 1.89. The molecule has 0 bridgehead atoms. The molecule has 1 N–H and O–H groups in total. The van der Waals surface area contributed by atoms with Crippen LogP contribution in [0.25, 0.3) is 0 Å². The Labute approximate surface area is 85.1 Å². The van der Waals surface area contributed by atoms with Crippen molar-refractivity contribution in [1.29, 1.82) is 0 Å². The maximum atomic E-state index is 3.91. The molecule has 0 radical (unpaired) electrons. The van der Waals surface area contributed by atoms with E-state index in [1.807, 2.05) is 24.3 Å². The number of aromatic amines is 1. The molecule has 0 aliphatic heterocycles. The molecule has 1 atom stereocenters. The van der Waals surface area contributed by atoms with Gasteiger partial charge in [0, 0.05) is 6.20 Å². The predicted molar refractivity (Wildman–Crippen MR) is 55.8 cm³/mol. The Bertz CT molecular complexity index is 356. The normalized spacial score (nSPS) is 12.7. The maximum Gasteiger partial charge on any atom is 0.0811 e. The first kappa shape index (κ1) is 8.51. The van der Waals surface area contributed by atoms with E-state index >= 15 is 0 Å². The summed E-state index contributed by atoms with van der Waals surface area (Å²) in [6.07, 6.45) is 1.76. The van der Waals surface area contributed by atoms with E-state index in [9.17, 15) is 0 Å². The number of hydrogen-bond donors (Lipinski definition) is 1. The molecule has 0 aliphatic rings. The Morgan fingerprint density at radius 1 is 1.15 bits per heavy atom. The Kier molecular flexibility index (Phi) is 2.45. The summed E-state index contributed by atoms with van der Waals surface area (Å²) < 4.78 is 0. The lowest BCUT2D eigenvalue weighted by Gasteiger charge is -2.06. The van der Waals surface area contributed by atoms with Crippen molar-refractivity contribution in [3.8, 4) is 0 Å². The zero-order chi connectivity index (χ0) is 9.10. The molecule has 0 aliphatic carbocycles. The molecule has 0 amide bonds. The zero-order valence-corrected chi connectivity index (χ0v) is 8.53. The molecule has 1 heterocycles. The van der Waals surface area contributed by atoms with Crippen LogP contribution in [0.5, 0.6) is 0 Å². The molecule has 2 rings (SSSR count). The van der Waals surface area contributed by atoms with Crippen LogP contribution < -0.4 is 0 Å². The van der Waals surface area contributed by atoms with Gasteiger partial charge in [-0.25, -0.2) is 0 Å². The molecule has 13 heavy (non-hydrogen) atoms. The lowest BCUT2D eigenvalue weighted by atomic mass is 10.1. The molecule has 2 nitrogen and oxygen atoms in total. The second-order valence-corrected chi connectivity index (χ2v) is 3.70. The lowest BCUT2D eigenvalue weighted by molar-refractivity contribution is 0.991. The van der Waals surface area contributed by atoms with E-state index in [0.717, 1.165) is 5.69 Å². The highest BCUT2D eigenvalue weighted by molar-refractivity contribution is 9.09. The molecule has 0 saturated heterocycles. The smallest absolute Gasteiger partial charge is 0.0811 e. The van der Waals surface area contributed by atoms with Gasteiger partial charge in [-0.1, -0.05) is 46.3 Å². The van der Waals surface area contributed by atoms with Gasteiger partial charge in [-0.05, 0) is 11.6 Å². The Morgan fingerprint density at radius 2 is 1.92 bits per heavy atom. The number of nitrogens with one attached hydrogen (secondary N) is 1. The van der Waals surface area contributed by atoms with Crippen LogP contribution in [-0.2, 0) is 0 Å². The van der Waals surface area contributed by atoms with Crippen LogP contribution >= 0.6 is 15.9 Å². The number of halogens is 1. The Balaban J connectivity index is 2.29. The fourth-order valence-electron chi connectivity index (χ4n) is 1.21. The van der Waals surface area contributed by atoms with Crippen LogP contribution in [0.2, 0.25) is 0 Å². The van der Waals surface area contributed by atoms with Crippen molar-refractivity contribution in [1.82, 2.24) is 10.2 Å².